The van der Waals surface area contributed by atoms with E-state index in [1.807, 2.05) is 12.1 Å². The van der Waals surface area contributed by atoms with Gasteiger partial charge in [0.2, 0.25) is 0 Å². The van der Waals surface area contributed by atoms with Crippen LogP contribution in [0.1, 0.15) is 24.8 Å². The molecule has 2 unspecified atom stereocenters. The van der Waals surface area contributed by atoms with E-state index in [2.05, 4.69) is 25.9 Å². The van der Waals surface area contributed by atoms with Gasteiger partial charge in [-0.2, -0.15) is 0 Å². The molecule has 0 radical (unpaired) electrons. The van der Waals surface area contributed by atoms with Crippen molar-refractivity contribution >= 4 is 21.9 Å². The second-order valence-corrected chi connectivity index (χ2v) is 10.8. The number of rotatable bonds is 3. The molecule has 38 heavy (non-hydrogen) atoms. The smallest absolute Gasteiger partial charge is 0.275 e. The number of para-hydroxylation sites is 1. The van der Waals surface area contributed by atoms with Crippen LogP contribution in [0.3, 0.4) is 0 Å². The Morgan fingerprint density at radius 3 is 2.92 bits per heavy atom. The van der Waals surface area contributed by atoms with Gasteiger partial charge in [-0.3, -0.25) is 29.2 Å². The molecule has 2 N–H and O–H groups in total. The number of hydrogen-bond donors (Lipinski definition) is 2. The van der Waals surface area contributed by atoms with Gasteiger partial charge in [-0.05, 0) is 49.6 Å². The van der Waals surface area contributed by atoms with Crippen molar-refractivity contribution in [2.45, 2.75) is 44.6 Å². The fourth-order valence-electron chi connectivity index (χ4n) is 6.24. The van der Waals surface area contributed by atoms with Crippen molar-refractivity contribution in [2.75, 3.05) is 39.8 Å². The van der Waals surface area contributed by atoms with Crippen LogP contribution in [0.15, 0.2) is 39.9 Å². The molecule has 2 fully saturated rings. The van der Waals surface area contributed by atoms with Crippen molar-refractivity contribution in [2.24, 2.45) is 0 Å². The quantitative estimate of drug-likeness (QED) is 0.430. The van der Waals surface area contributed by atoms with Crippen LogP contribution < -0.4 is 15.9 Å². The van der Waals surface area contributed by atoms with Crippen LogP contribution in [0.4, 0.5) is 0 Å². The summed E-state index contributed by atoms with van der Waals surface area (Å²) in [6.07, 6.45) is 3.34. The van der Waals surface area contributed by atoms with Gasteiger partial charge in [0.25, 0.3) is 11.1 Å². The lowest BCUT2D eigenvalue weighted by atomic mass is 10.1. The number of methoxy groups -OCH3 is 1. The number of nitrogens with one attached hydrogen (secondary N) is 2. The normalized spacial score (nSPS) is 23.8. The summed E-state index contributed by atoms with van der Waals surface area (Å²) in [7, 11) is 1.78. The van der Waals surface area contributed by atoms with Crippen molar-refractivity contribution in [1.29, 1.82) is 0 Å². The van der Waals surface area contributed by atoms with E-state index in [1.54, 1.807) is 23.9 Å². The largest absolute Gasteiger partial charge is 0.487 e. The first-order valence-corrected chi connectivity index (χ1v) is 13.5. The van der Waals surface area contributed by atoms with E-state index in [4.69, 9.17) is 14.5 Å². The van der Waals surface area contributed by atoms with Gasteiger partial charge in [0, 0.05) is 45.4 Å². The molecule has 0 amide bonds. The number of benzene rings is 2. The lowest BCUT2D eigenvalue weighted by Gasteiger charge is -2.32. The van der Waals surface area contributed by atoms with Crippen molar-refractivity contribution in [1.82, 2.24) is 29.5 Å². The topological polar surface area (TPSA) is 108 Å². The zero-order valence-corrected chi connectivity index (χ0v) is 21.5. The lowest BCUT2D eigenvalue weighted by Crippen LogP contribution is -2.38. The van der Waals surface area contributed by atoms with E-state index >= 15 is 0 Å². The first-order valence-electron chi connectivity index (χ1n) is 13.5. The van der Waals surface area contributed by atoms with Gasteiger partial charge in [-0.15, -0.1) is 0 Å². The maximum Gasteiger partial charge on any atom is 0.275 e. The second kappa shape index (κ2) is 9.37. The molecule has 2 aromatic carbocycles. The zero-order chi connectivity index (χ0) is 25.8. The van der Waals surface area contributed by atoms with Crippen molar-refractivity contribution < 1.29 is 9.47 Å². The summed E-state index contributed by atoms with van der Waals surface area (Å²) < 4.78 is 13.9. The third-order valence-electron chi connectivity index (χ3n) is 8.23. The average Bonchev–Trinajstić information content (AvgIpc) is 3.50. The van der Waals surface area contributed by atoms with E-state index < -0.39 is 0 Å². The summed E-state index contributed by atoms with van der Waals surface area (Å²) >= 11 is 0. The number of aromatic amines is 2. The Bertz CT molecular complexity index is 1640. The van der Waals surface area contributed by atoms with Crippen LogP contribution in [-0.4, -0.2) is 81.6 Å². The van der Waals surface area contributed by atoms with Gasteiger partial charge in [0.15, 0.2) is 0 Å². The Morgan fingerprint density at radius 1 is 1.11 bits per heavy atom. The highest BCUT2D eigenvalue weighted by Crippen LogP contribution is 2.31. The Morgan fingerprint density at radius 2 is 2.03 bits per heavy atom. The molecule has 5 heterocycles. The highest BCUT2D eigenvalue weighted by Gasteiger charge is 2.27. The maximum atomic E-state index is 13.4. The molecule has 7 rings (SSSR count). The molecule has 0 aliphatic carbocycles. The van der Waals surface area contributed by atoms with Gasteiger partial charge in [-0.1, -0.05) is 12.1 Å². The number of aromatic nitrogens is 4. The monoisotopic (exact) mass is 516 g/mol. The molecule has 3 atom stereocenters. The number of fused-ring (bicyclic) bond motifs is 5. The van der Waals surface area contributed by atoms with Crippen LogP contribution in [0.25, 0.3) is 33.2 Å². The number of H-pyrrole nitrogens is 2. The molecule has 2 saturated heterocycles. The van der Waals surface area contributed by atoms with Crippen LogP contribution in [0.2, 0.25) is 0 Å². The third kappa shape index (κ3) is 4.13. The first-order chi connectivity index (χ1) is 18.6. The van der Waals surface area contributed by atoms with E-state index in [0.717, 1.165) is 64.1 Å². The summed E-state index contributed by atoms with van der Waals surface area (Å²) in [5.74, 6) is 0.692. The fourth-order valence-corrected chi connectivity index (χ4v) is 6.24. The van der Waals surface area contributed by atoms with Gasteiger partial charge in [0.05, 0.1) is 29.1 Å². The van der Waals surface area contributed by atoms with E-state index in [9.17, 15) is 9.59 Å². The van der Waals surface area contributed by atoms with Crippen molar-refractivity contribution in [3.05, 3.63) is 56.6 Å². The van der Waals surface area contributed by atoms with Crippen LogP contribution in [0, 0.1) is 0 Å². The molecule has 10 nitrogen and oxygen atoms in total. The Hall–Kier alpha value is -3.47. The van der Waals surface area contributed by atoms with Gasteiger partial charge in [-0.25, -0.2) is 4.98 Å². The molecule has 0 spiro atoms. The summed E-state index contributed by atoms with van der Waals surface area (Å²) in [6.45, 7) is 5.63. The Kier molecular flexibility index (Phi) is 5.83. The van der Waals surface area contributed by atoms with Gasteiger partial charge >= 0.3 is 0 Å². The van der Waals surface area contributed by atoms with Crippen molar-refractivity contribution in [3.63, 3.8) is 0 Å². The molecule has 3 aliphatic heterocycles. The first kappa shape index (κ1) is 23.6. The SMILES string of the molecule is CO[C@@H]1CCCN(Cc2cc3c4nc(c(=O)[nH]c4c2)-c2cccc4c(=O)n([nH]c24)CCN2CCC(C2)O3)C1. The number of ether oxygens (including phenoxy) is 2. The molecule has 6 bridgehead atoms. The number of piperidine rings is 1. The predicted molar refractivity (Wildman–Crippen MR) is 145 cm³/mol. The zero-order valence-electron chi connectivity index (χ0n) is 21.5. The molecular formula is C28H32N6O4. The highest BCUT2D eigenvalue weighted by molar-refractivity contribution is 5.93. The predicted octanol–water partition coefficient (Wildman–Crippen LogP) is 2.31. The molecule has 198 valence electrons. The maximum absolute atomic E-state index is 13.4. The molecular weight excluding hydrogens is 484 g/mol. The minimum absolute atomic E-state index is 0.0141. The summed E-state index contributed by atoms with van der Waals surface area (Å²) in [5, 5.41) is 3.81. The van der Waals surface area contributed by atoms with Crippen LogP contribution in [-0.2, 0) is 17.8 Å². The Labute approximate surface area is 219 Å². The third-order valence-corrected chi connectivity index (χ3v) is 8.23. The van der Waals surface area contributed by atoms with E-state index in [-0.39, 0.29) is 29.0 Å². The standard InChI is InChI=1S/C28H32N6O4/c1-37-18-4-3-8-33(15-18)14-17-12-22-26-23(13-17)38-19-7-9-32(16-19)10-11-34-28(36)21-6-2-5-20(24(21)31-34)25(30-26)27(35)29-22/h2,5-6,12-13,18-19,31H,3-4,7-11,14-16H2,1H3,(H,29,35)/t18-,19?/m1/s1. The minimum atomic E-state index is -0.293. The van der Waals surface area contributed by atoms with E-state index in [1.165, 1.54) is 0 Å². The molecule has 3 aliphatic rings. The number of hydrogen-bond acceptors (Lipinski definition) is 7. The molecule has 4 aromatic rings. The van der Waals surface area contributed by atoms with Crippen LogP contribution in [0.5, 0.6) is 5.75 Å². The van der Waals surface area contributed by atoms with Gasteiger partial charge < -0.3 is 14.5 Å². The van der Waals surface area contributed by atoms with Crippen LogP contribution >= 0.6 is 0 Å². The average molecular weight is 517 g/mol. The minimum Gasteiger partial charge on any atom is -0.487 e. The lowest BCUT2D eigenvalue weighted by molar-refractivity contribution is 0.0285. The molecule has 0 saturated carbocycles. The fraction of sp³-hybridized carbons (Fsp3) is 0.464. The number of nitrogens with zero attached hydrogens (tertiary/aromatic N) is 4. The van der Waals surface area contributed by atoms with E-state index in [0.29, 0.717) is 39.8 Å². The Balaban J connectivity index is 1.38. The molecule has 10 heteroatoms. The molecule has 2 aromatic heterocycles. The second-order valence-electron chi connectivity index (χ2n) is 10.8. The highest BCUT2D eigenvalue weighted by atomic mass is 16.5. The van der Waals surface area contributed by atoms with Crippen molar-refractivity contribution in [3.8, 4) is 17.0 Å². The summed E-state index contributed by atoms with van der Waals surface area (Å²) in [4.78, 5) is 39.2. The summed E-state index contributed by atoms with van der Waals surface area (Å²) in [6, 6.07) is 9.53. The number of likely N-dealkylation sites (tertiary alicyclic amines) is 1. The van der Waals surface area contributed by atoms with Gasteiger partial charge in [0.1, 0.15) is 23.1 Å². The summed E-state index contributed by atoms with van der Waals surface area (Å²) in [5.41, 5.74) is 3.50.